The summed E-state index contributed by atoms with van der Waals surface area (Å²) in [7, 11) is -1.86. The van der Waals surface area contributed by atoms with Crippen LogP contribution in [0.5, 0.6) is 5.75 Å². The molecule has 1 aromatic carbocycles. The average Bonchev–Trinajstić information content (AvgIpc) is 2.36. The molecule has 0 bridgehead atoms. The zero-order valence-corrected chi connectivity index (χ0v) is 13.5. The number of methoxy groups -OCH3 is 1. The Hall–Kier alpha value is -0.880. The molecule has 1 atom stereocenters. The molecule has 1 rings (SSSR count). The minimum absolute atomic E-state index is 0.361. The molecule has 0 aromatic heterocycles. The van der Waals surface area contributed by atoms with Crippen molar-refractivity contribution < 1.29 is 17.9 Å². The molecule has 0 aliphatic rings. The Balaban J connectivity index is 2.94. The maximum atomic E-state index is 12.0. The van der Waals surface area contributed by atoms with Crippen LogP contribution >= 0.6 is 15.9 Å². The predicted molar refractivity (Wildman–Crippen MR) is 78.6 cm³/mol. The molecule has 1 unspecified atom stereocenters. The van der Waals surface area contributed by atoms with Crippen LogP contribution in [0.1, 0.15) is 30.6 Å². The lowest BCUT2D eigenvalue weighted by molar-refractivity contribution is 0.102. The highest BCUT2D eigenvalue weighted by Crippen LogP contribution is 2.26. The third kappa shape index (κ3) is 4.04. The van der Waals surface area contributed by atoms with E-state index in [1.165, 1.54) is 7.11 Å². The fourth-order valence-corrected chi connectivity index (χ4v) is 3.37. The zero-order valence-electron chi connectivity index (χ0n) is 11.1. The van der Waals surface area contributed by atoms with Crippen LogP contribution in [0, 0.1) is 0 Å². The van der Waals surface area contributed by atoms with Crippen molar-refractivity contribution in [3.63, 3.8) is 0 Å². The number of ketones is 1. The van der Waals surface area contributed by atoms with E-state index in [9.17, 15) is 13.2 Å². The smallest absolute Gasteiger partial charge is 0.177 e. The summed E-state index contributed by atoms with van der Waals surface area (Å²) in [4.78, 5) is 12.0. The number of carbonyl (C=O) groups is 1. The topological polar surface area (TPSA) is 60.4 Å². The van der Waals surface area contributed by atoms with Crippen molar-refractivity contribution >= 4 is 31.6 Å². The minimum atomic E-state index is -3.38. The van der Waals surface area contributed by atoms with E-state index >= 15 is 0 Å². The summed E-state index contributed by atoms with van der Waals surface area (Å²) in [5.74, 6) is -0.259. The first-order chi connectivity index (χ1) is 8.81. The zero-order chi connectivity index (χ0) is 14.6. The number of hydrogen-bond acceptors (Lipinski definition) is 4. The lowest BCUT2D eigenvalue weighted by Crippen LogP contribution is -2.25. The van der Waals surface area contributed by atoms with Crippen molar-refractivity contribution in [2.45, 2.75) is 25.5 Å². The number of hydrogen-bond donors (Lipinski definition) is 0. The normalized spacial score (nSPS) is 13.1. The third-order valence-electron chi connectivity index (χ3n) is 2.99. The average molecular weight is 349 g/mol. The van der Waals surface area contributed by atoms with Gasteiger partial charge < -0.3 is 4.74 Å². The Bertz CT molecular complexity index is 566. The SMILES string of the molecule is CCC(C)S(=O)(=O)CC(=O)c1ccc(OC)c(Br)c1. The molecule has 0 saturated carbocycles. The Morgan fingerprint density at radius 3 is 2.53 bits per heavy atom. The number of halogens is 1. The van der Waals surface area contributed by atoms with E-state index in [0.717, 1.165) is 0 Å². The molecule has 0 amide bonds. The van der Waals surface area contributed by atoms with E-state index < -0.39 is 26.6 Å². The van der Waals surface area contributed by atoms with Gasteiger partial charge in [0.25, 0.3) is 0 Å². The van der Waals surface area contributed by atoms with Crippen LogP contribution in [-0.2, 0) is 9.84 Å². The molecular weight excluding hydrogens is 332 g/mol. The van der Waals surface area contributed by atoms with Crippen molar-refractivity contribution in [3.8, 4) is 5.75 Å². The lowest BCUT2D eigenvalue weighted by atomic mass is 10.1. The molecular formula is C13H17BrO4S. The summed E-state index contributed by atoms with van der Waals surface area (Å²) >= 11 is 3.27. The minimum Gasteiger partial charge on any atom is -0.496 e. The van der Waals surface area contributed by atoms with Crippen molar-refractivity contribution in [2.24, 2.45) is 0 Å². The van der Waals surface area contributed by atoms with Gasteiger partial charge in [-0.1, -0.05) is 6.92 Å². The fourth-order valence-electron chi connectivity index (χ4n) is 1.50. The fraction of sp³-hybridized carbons (Fsp3) is 0.462. The quantitative estimate of drug-likeness (QED) is 0.741. The van der Waals surface area contributed by atoms with Crippen LogP contribution in [0.3, 0.4) is 0 Å². The molecule has 1 aromatic rings. The third-order valence-corrected chi connectivity index (χ3v) is 5.84. The van der Waals surface area contributed by atoms with Gasteiger partial charge >= 0.3 is 0 Å². The van der Waals surface area contributed by atoms with Crippen LogP contribution in [0.4, 0.5) is 0 Å². The molecule has 0 N–H and O–H groups in total. The van der Waals surface area contributed by atoms with Crippen molar-refractivity contribution in [1.29, 1.82) is 0 Å². The molecule has 19 heavy (non-hydrogen) atoms. The summed E-state index contributed by atoms with van der Waals surface area (Å²) in [5, 5.41) is -0.502. The predicted octanol–water partition coefficient (Wildman–Crippen LogP) is 2.85. The number of benzene rings is 1. The van der Waals surface area contributed by atoms with Crippen LogP contribution in [0.15, 0.2) is 22.7 Å². The van der Waals surface area contributed by atoms with E-state index in [4.69, 9.17) is 4.74 Å². The summed E-state index contributed by atoms with van der Waals surface area (Å²) in [6.07, 6.45) is 0.502. The molecule has 0 fully saturated rings. The Morgan fingerprint density at radius 1 is 1.42 bits per heavy atom. The Morgan fingerprint density at radius 2 is 2.05 bits per heavy atom. The van der Waals surface area contributed by atoms with E-state index in [-0.39, 0.29) is 0 Å². The largest absolute Gasteiger partial charge is 0.496 e. The highest BCUT2D eigenvalue weighted by Gasteiger charge is 2.23. The summed E-state index contributed by atoms with van der Waals surface area (Å²) < 4.78 is 29.5. The summed E-state index contributed by atoms with van der Waals surface area (Å²) in [5.41, 5.74) is 0.361. The first-order valence-electron chi connectivity index (χ1n) is 5.90. The maximum Gasteiger partial charge on any atom is 0.177 e. The van der Waals surface area contributed by atoms with Crippen molar-refractivity contribution in [3.05, 3.63) is 28.2 Å². The monoisotopic (exact) mass is 348 g/mol. The molecule has 6 heteroatoms. The molecule has 0 aliphatic carbocycles. The van der Waals surface area contributed by atoms with Gasteiger partial charge in [-0.15, -0.1) is 0 Å². The summed E-state index contributed by atoms with van der Waals surface area (Å²) in [6, 6.07) is 4.78. The molecule has 0 radical (unpaired) electrons. The van der Waals surface area contributed by atoms with Gasteiger partial charge in [0.2, 0.25) is 0 Å². The second kappa shape index (κ2) is 6.52. The van der Waals surface area contributed by atoms with Gasteiger partial charge in [0, 0.05) is 5.56 Å². The van der Waals surface area contributed by atoms with Crippen molar-refractivity contribution in [2.75, 3.05) is 12.9 Å². The lowest BCUT2D eigenvalue weighted by Gasteiger charge is -2.10. The standard InChI is InChI=1S/C13H17BrO4S/c1-4-9(2)19(16,17)8-12(15)10-5-6-13(18-3)11(14)7-10/h5-7,9H,4,8H2,1-3H3. The van der Waals surface area contributed by atoms with E-state index in [2.05, 4.69) is 15.9 Å². The number of carbonyl (C=O) groups excluding carboxylic acids is 1. The van der Waals surface area contributed by atoms with Gasteiger partial charge in [-0.25, -0.2) is 8.42 Å². The van der Waals surface area contributed by atoms with E-state index in [0.29, 0.717) is 22.2 Å². The highest BCUT2D eigenvalue weighted by atomic mass is 79.9. The van der Waals surface area contributed by atoms with Crippen LogP contribution in [-0.4, -0.2) is 32.3 Å². The van der Waals surface area contributed by atoms with Crippen LogP contribution in [0.25, 0.3) is 0 Å². The van der Waals surface area contributed by atoms with Gasteiger partial charge in [-0.3, -0.25) is 4.79 Å². The van der Waals surface area contributed by atoms with Crippen LogP contribution in [0.2, 0.25) is 0 Å². The Labute approximate surface area is 122 Å². The Kier molecular flexibility index (Phi) is 5.55. The second-order valence-corrected chi connectivity index (χ2v) is 7.57. The number of sulfone groups is 1. The highest BCUT2D eigenvalue weighted by molar-refractivity contribution is 9.10. The summed E-state index contributed by atoms with van der Waals surface area (Å²) in [6.45, 7) is 3.41. The number of Topliss-reactive ketones (excluding diaryl/α,β-unsaturated/α-hetero) is 1. The number of rotatable bonds is 6. The number of ether oxygens (including phenoxy) is 1. The molecule has 0 heterocycles. The van der Waals surface area contributed by atoms with E-state index in [1.54, 1.807) is 32.0 Å². The van der Waals surface area contributed by atoms with Gasteiger partial charge in [-0.05, 0) is 47.5 Å². The second-order valence-electron chi connectivity index (χ2n) is 4.30. The van der Waals surface area contributed by atoms with Gasteiger partial charge in [0.05, 0.1) is 16.8 Å². The van der Waals surface area contributed by atoms with Gasteiger partial charge in [0.1, 0.15) is 11.5 Å². The molecule has 4 nitrogen and oxygen atoms in total. The molecule has 106 valence electrons. The first-order valence-corrected chi connectivity index (χ1v) is 8.41. The maximum absolute atomic E-state index is 12.0. The molecule has 0 saturated heterocycles. The molecule has 0 aliphatic heterocycles. The molecule has 0 spiro atoms. The van der Waals surface area contributed by atoms with E-state index in [1.807, 2.05) is 0 Å². The van der Waals surface area contributed by atoms with Crippen LogP contribution < -0.4 is 4.74 Å². The first kappa shape index (κ1) is 16.2. The van der Waals surface area contributed by atoms with Gasteiger partial charge in [0.15, 0.2) is 15.6 Å². The van der Waals surface area contributed by atoms with Crippen molar-refractivity contribution in [1.82, 2.24) is 0 Å². The van der Waals surface area contributed by atoms with Gasteiger partial charge in [-0.2, -0.15) is 0 Å².